The van der Waals surface area contributed by atoms with Crippen LogP contribution in [-0.4, -0.2) is 21.4 Å². The van der Waals surface area contributed by atoms with Gasteiger partial charge in [-0.3, -0.25) is 0 Å². The van der Waals surface area contributed by atoms with E-state index in [0.717, 1.165) is 50.6 Å². The second-order valence-electron chi connectivity index (χ2n) is 5.38. The van der Waals surface area contributed by atoms with Crippen LogP contribution in [0.25, 0.3) is 0 Å². The van der Waals surface area contributed by atoms with Crippen molar-refractivity contribution in [3.8, 4) is 0 Å². The minimum Gasteiger partial charge on any atom is -0.396 e. The van der Waals surface area contributed by atoms with Crippen molar-refractivity contribution < 1.29 is 10.2 Å². The van der Waals surface area contributed by atoms with Crippen LogP contribution in [0.3, 0.4) is 0 Å². The van der Waals surface area contributed by atoms with Gasteiger partial charge in [-0.1, -0.05) is 19.3 Å². The molecule has 1 heterocycles. The molecule has 1 aliphatic rings. The minimum atomic E-state index is -0.252. The number of fused-ring (bicyclic) bond motifs is 1. The molecule has 0 saturated heterocycles. The Balaban J connectivity index is 1.85. The van der Waals surface area contributed by atoms with Crippen molar-refractivity contribution in [2.75, 3.05) is 6.61 Å². The topological polar surface area (TPSA) is 45.4 Å². The molecule has 2 N–H and O–H groups in total. The molecule has 0 amide bonds. The molecule has 0 aliphatic heterocycles. The smallest absolute Gasteiger partial charge is 0.0807 e. The van der Waals surface area contributed by atoms with Crippen molar-refractivity contribution in [1.29, 1.82) is 0 Å². The summed E-state index contributed by atoms with van der Waals surface area (Å²) in [6.07, 6.45) is 12.8. The van der Waals surface area contributed by atoms with Crippen LogP contribution >= 0.6 is 0 Å². The zero-order valence-electron chi connectivity index (χ0n) is 11.1. The lowest BCUT2D eigenvalue weighted by molar-refractivity contribution is 0.166. The van der Waals surface area contributed by atoms with Crippen molar-refractivity contribution in [1.82, 2.24) is 4.57 Å². The van der Waals surface area contributed by atoms with E-state index in [1.807, 2.05) is 0 Å². The molecule has 0 aromatic carbocycles. The molecule has 0 fully saturated rings. The van der Waals surface area contributed by atoms with E-state index in [0.29, 0.717) is 6.61 Å². The first kappa shape index (κ1) is 13.6. The fourth-order valence-corrected chi connectivity index (χ4v) is 2.78. The molecule has 3 nitrogen and oxygen atoms in total. The van der Waals surface area contributed by atoms with Crippen LogP contribution in [0.2, 0.25) is 0 Å². The van der Waals surface area contributed by atoms with Gasteiger partial charge in [-0.2, -0.15) is 0 Å². The van der Waals surface area contributed by atoms with Gasteiger partial charge in [0.15, 0.2) is 0 Å². The fraction of sp³-hybridized carbons (Fsp3) is 0.733. The molecule has 1 unspecified atom stereocenters. The van der Waals surface area contributed by atoms with E-state index < -0.39 is 0 Å². The predicted octanol–water partition coefficient (Wildman–Crippen LogP) is 2.80. The molecule has 3 heteroatoms. The van der Waals surface area contributed by atoms with Crippen molar-refractivity contribution in [2.24, 2.45) is 0 Å². The number of aliphatic hydroxyl groups excluding tert-OH is 2. The molecule has 2 rings (SSSR count). The maximum absolute atomic E-state index is 10.1. The van der Waals surface area contributed by atoms with Gasteiger partial charge >= 0.3 is 0 Å². The summed E-state index contributed by atoms with van der Waals surface area (Å²) in [6.45, 7) is 1.34. The second-order valence-corrected chi connectivity index (χ2v) is 5.38. The first-order valence-corrected chi connectivity index (χ1v) is 7.28. The third kappa shape index (κ3) is 3.59. The standard InChI is InChI=1S/C15H25NO2/c17-10-6-2-1-5-9-16-11-13-7-3-4-8-15(18)14(13)12-16/h11-12,15,17-18H,1-10H2. The Hall–Kier alpha value is -0.800. The van der Waals surface area contributed by atoms with E-state index in [1.54, 1.807) is 0 Å². The maximum atomic E-state index is 10.1. The highest BCUT2D eigenvalue weighted by atomic mass is 16.3. The highest BCUT2D eigenvalue weighted by Crippen LogP contribution is 2.29. The normalized spacial score (nSPS) is 19.6. The Morgan fingerprint density at radius 2 is 1.94 bits per heavy atom. The lowest BCUT2D eigenvalue weighted by Gasteiger charge is -2.06. The minimum absolute atomic E-state index is 0.252. The van der Waals surface area contributed by atoms with Crippen LogP contribution in [0.5, 0.6) is 0 Å². The number of hydrogen-bond donors (Lipinski definition) is 2. The number of aromatic nitrogens is 1. The quantitative estimate of drug-likeness (QED) is 0.603. The predicted molar refractivity (Wildman–Crippen MR) is 72.5 cm³/mol. The lowest BCUT2D eigenvalue weighted by Crippen LogP contribution is -1.97. The van der Waals surface area contributed by atoms with Gasteiger partial charge in [-0.25, -0.2) is 0 Å². The summed E-state index contributed by atoms with van der Waals surface area (Å²) < 4.78 is 2.23. The number of nitrogens with zero attached hydrogens (tertiary/aromatic N) is 1. The van der Waals surface area contributed by atoms with Crippen LogP contribution in [0.1, 0.15) is 62.2 Å². The summed E-state index contributed by atoms with van der Waals surface area (Å²) in [5.41, 5.74) is 2.50. The van der Waals surface area contributed by atoms with Crippen molar-refractivity contribution >= 4 is 0 Å². The second kappa shape index (κ2) is 6.95. The van der Waals surface area contributed by atoms with E-state index in [1.165, 1.54) is 18.4 Å². The highest BCUT2D eigenvalue weighted by molar-refractivity contribution is 5.27. The number of rotatable bonds is 6. The van der Waals surface area contributed by atoms with E-state index in [9.17, 15) is 5.11 Å². The lowest BCUT2D eigenvalue weighted by atomic mass is 10.1. The highest BCUT2D eigenvalue weighted by Gasteiger charge is 2.17. The average molecular weight is 251 g/mol. The van der Waals surface area contributed by atoms with Crippen molar-refractivity contribution in [3.05, 3.63) is 23.5 Å². The summed E-state index contributed by atoms with van der Waals surface area (Å²) in [6, 6.07) is 0. The van der Waals surface area contributed by atoms with Crippen molar-refractivity contribution in [3.63, 3.8) is 0 Å². The Kier molecular flexibility index (Phi) is 5.26. The summed E-state index contributed by atoms with van der Waals surface area (Å²) in [7, 11) is 0. The Labute approximate surface area is 109 Å². The van der Waals surface area contributed by atoms with Gasteiger partial charge in [-0.15, -0.1) is 0 Å². The molecule has 0 radical (unpaired) electrons. The molecule has 0 bridgehead atoms. The van der Waals surface area contributed by atoms with E-state index >= 15 is 0 Å². The van der Waals surface area contributed by atoms with Gasteiger partial charge in [0, 0.05) is 31.1 Å². The van der Waals surface area contributed by atoms with E-state index in [-0.39, 0.29) is 6.10 Å². The molecule has 1 aliphatic carbocycles. The van der Waals surface area contributed by atoms with Crippen LogP contribution in [0.4, 0.5) is 0 Å². The molecule has 0 saturated carbocycles. The largest absolute Gasteiger partial charge is 0.396 e. The summed E-state index contributed by atoms with van der Waals surface area (Å²) in [5.74, 6) is 0. The monoisotopic (exact) mass is 251 g/mol. The molecular formula is C15H25NO2. The van der Waals surface area contributed by atoms with E-state index in [4.69, 9.17) is 5.11 Å². The average Bonchev–Trinajstić information content (AvgIpc) is 2.70. The zero-order valence-corrected chi connectivity index (χ0v) is 11.1. The maximum Gasteiger partial charge on any atom is 0.0807 e. The molecule has 1 aromatic heterocycles. The molecule has 1 atom stereocenters. The fourth-order valence-electron chi connectivity index (χ4n) is 2.78. The Bertz CT molecular complexity index is 359. The van der Waals surface area contributed by atoms with E-state index in [2.05, 4.69) is 17.0 Å². The van der Waals surface area contributed by atoms with Crippen LogP contribution < -0.4 is 0 Å². The van der Waals surface area contributed by atoms with Crippen molar-refractivity contribution in [2.45, 2.75) is 64.0 Å². The number of aliphatic hydroxyl groups is 2. The van der Waals surface area contributed by atoms with Gasteiger partial charge in [0.2, 0.25) is 0 Å². The van der Waals surface area contributed by atoms with Gasteiger partial charge in [0.1, 0.15) is 0 Å². The van der Waals surface area contributed by atoms with Gasteiger partial charge < -0.3 is 14.8 Å². The summed E-state index contributed by atoms with van der Waals surface area (Å²) in [4.78, 5) is 0. The zero-order chi connectivity index (χ0) is 12.8. The SMILES string of the molecule is OCCCCCCn1cc2c(c1)C(O)CCCC2. The third-order valence-electron chi connectivity index (χ3n) is 3.85. The van der Waals surface area contributed by atoms with Gasteiger partial charge in [-0.05, 0) is 37.7 Å². The molecule has 0 spiro atoms. The first-order chi connectivity index (χ1) is 8.81. The summed E-state index contributed by atoms with van der Waals surface area (Å²) >= 11 is 0. The Morgan fingerprint density at radius 1 is 1.11 bits per heavy atom. The molecule has 1 aromatic rings. The van der Waals surface area contributed by atoms with Gasteiger partial charge in [0.05, 0.1) is 6.10 Å². The molecular weight excluding hydrogens is 226 g/mol. The van der Waals surface area contributed by atoms with Crippen LogP contribution in [0.15, 0.2) is 12.4 Å². The third-order valence-corrected chi connectivity index (χ3v) is 3.85. The first-order valence-electron chi connectivity index (χ1n) is 7.28. The number of unbranched alkanes of at least 4 members (excludes halogenated alkanes) is 3. The Morgan fingerprint density at radius 3 is 2.78 bits per heavy atom. The number of aryl methyl sites for hydroxylation is 2. The molecule has 18 heavy (non-hydrogen) atoms. The van der Waals surface area contributed by atoms with Crippen LogP contribution in [-0.2, 0) is 13.0 Å². The molecule has 102 valence electrons. The summed E-state index contributed by atoms with van der Waals surface area (Å²) in [5, 5.41) is 18.8. The van der Waals surface area contributed by atoms with Crippen LogP contribution in [0, 0.1) is 0 Å². The number of hydrogen-bond acceptors (Lipinski definition) is 2. The van der Waals surface area contributed by atoms with Gasteiger partial charge in [0.25, 0.3) is 0 Å².